The van der Waals surface area contributed by atoms with Crippen LogP contribution < -0.4 is 0 Å². The number of esters is 1. The zero-order valence-electron chi connectivity index (χ0n) is 8.61. The van der Waals surface area contributed by atoms with Gasteiger partial charge in [0, 0.05) is 5.39 Å². The van der Waals surface area contributed by atoms with Crippen LogP contribution in [0.2, 0.25) is 5.02 Å². The summed E-state index contributed by atoms with van der Waals surface area (Å²) < 4.78 is 4.90. The van der Waals surface area contributed by atoms with Gasteiger partial charge in [0.05, 0.1) is 28.9 Å². The number of hydrogen-bond donors (Lipinski definition) is 0. The second kappa shape index (κ2) is 4.45. The van der Waals surface area contributed by atoms with Gasteiger partial charge in [-0.05, 0) is 25.1 Å². The summed E-state index contributed by atoms with van der Waals surface area (Å²) in [6, 6.07) is 5.00. The number of ether oxygens (including phenoxy) is 1. The molecule has 0 radical (unpaired) electrons. The maximum atomic E-state index is 11.5. The topological polar surface area (TPSA) is 52.1 Å². The zero-order chi connectivity index (χ0) is 11.5. The molecule has 0 saturated carbocycles. The summed E-state index contributed by atoms with van der Waals surface area (Å²) in [7, 11) is 0. The summed E-state index contributed by atoms with van der Waals surface area (Å²) in [5, 5.41) is 8.79. The second-order valence-corrected chi connectivity index (χ2v) is 3.55. The van der Waals surface area contributed by atoms with Gasteiger partial charge >= 0.3 is 5.97 Å². The molecule has 0 N–H and O–H groups in total. The maximum Gasteiger partial charge on any atom is 0.338 e. The van der Waals surface area contributed by atoms with Gasteiger partial charge in [0.1, 0.15) is 0 Å². The van der Waals surface area contributed by atoms with Gasteiger partial charge < -0.3 is 4.74 Å². The molecule has 1 heterocycles. The van der Waals surface area contributed by atoms with Gasteiger partial charge in [0.25, 0.3) is 0 Å². The van der Waals surface area contributed by atoms with E-state index in [1.54, 1.807) is 25.1 Å². The van der Waals surface area contributed by atoms with Crippen molar-refractivity contribution in [2.75, 3.05) is 6.61 Å². The lowest BCUT2D eigenvalue weighted by Gasteiger charge is -2.03. The number of benzene rings is 1. The number of nitrogens with zero attached hydrogens (tertiary/aromatic N) is 2. The lowest BCUT2D eigenvalue weighted by atomic mass is 10.1. The van der Waals surface area contributed by atoms with E-state index in [-0.39, 0.29) is 5.97 Å². The van der Waals surface area contributed by atoms with Crippen molar-refractivity contribution in [3.8, 4) is 0 Å². The molecular weight excluding hydrogens is 228 g/mol. The standard InChI is InChI=1S/C11H9ClN2O2/c1-2-16-11(15)7-3-4-10-8(5-7)9(12)6-13-14-10/h3-6H,2H2,1H3. The first kappa shape index (κ1) is 10.8. The van der Waals surface area contributed by atoms with Crippen molar-refractivity contribution in [1.29, 1.82) is 0 Å². The van der Waals surface area contributed by atoms with Gasteiger partial charge in [0.15, 0.2) is 0 Å². The average molecular weight is 237 g/mol. The molecule has 0 aliphatic rings. The third kappa shape index (κ3) is 1.97. The molecule has 0 spiro atoms. The minimum absolute atomic E-state index is 0.346. The van der Waals surface area contributed by atoms with E-state index in [4.69, 9.17) is 16.3 Å². The molecular formula is C11H9ClN2O2. The molecule has 16 heavy (non-hydrogen) atoms. The minimum atomic E-state index is -0.364. The molecule has 0 saturated heterocycles. The van der Waals surface area contributed by atoms with E-state index < -0.39 is 0 Å². The molecule has 0 bridgehead atoms. The van der Waals surface area contributed by atoms with Crippen LogP contribution in [0.15, 0.2) is 24.4 Å². The lowest BCUT2D eigenvalue weighted by molar-refractivity contribution is 0.0526. The van der Waals surface area contributed by atoms with Crippen LogP contribution in [-0.2, 0) is 4.74 Å². The number of fused-ring (bicyclic) bond motifs is 1. The molecule has 0 fully saturated rings. The Labute approximate surface area is 97.2 Å². The number of aromatic nitrogens is 2. The van der Waals surface area contributed by atoms with Crippen molar-refractivity contribution in [2.45, 2.75) is 6.92 Å². The molecule has 0 amide bonds. The molecule has 82 valence electrons. The summed E-state index contributed by atoms with van der Waals surface area (Å²) >= 11 is 5.96. The molecule has 1 aromatic carbocycles. The highest BCUT2D eigenvalue weighted by Gasteiger charge is 2.09. The Morgan fingerprint density at radius 3 is 3.06 bits per heavy atom. The van der Waals surface area contributed by atoms with E-state index in [2.05, 4.69) is 10.2 Å². The molecule has 1 aromatic heterocycles. The highest BCUT2D eigenvalue weighted by Crippen LogP contribution is 2.21. The summed E-state index contributed by atoms with van der Waals surface area (Å²) in [5.74, 6) is -0.364. The number of halogens is 1. The second-order valence-electron chi connectivity index (χ2n) is 3.14. The highest BCUT2D eigenvalue weighted by atomic mass is 35.5. The van der Waals surface area contributed by atoms with Crippen molar-refractivity contribution in [2.24, 2.45) is 0 Å². The Morgan fingerprint density at radius 1 is 1.50 bits per heavy atom. The number of hydrogen-bond acceptors (Lipinski definition) is 4. The van der Waals surface area contributed by atoms with E-state index >= 15 is 0 Å². The van der Waals surface area contributed by atoms with Crippen LogP contribution in [-0.4, -0.2) is 22.8 Å². The Morgan fingerprint density at radius 2 is 2.31 bits per heavy atom. The van der Waals surface area contributed by atoms with E-state index in [1.165, 1.54) is 6.20 Å². The van der Waals surface area contributed by atoms with Crippen LogP contribution >= 0.6 is 11.6 Å². The van der Waals surface area contributed by atoms with Gasteiger partial charge in [-0.2, -0.15) is 10.2 Å². The first-order valence-corrected chi connectivity index (χ1v) is 5.18. The molecule has 2 rings (SSSR count). The fourth-order valence-electron chi connectivity index (χ4n) is 1.37. The molecule has 5 heteroatoms. The van der Waals surface area contributed by atoms with Gasteiger partial charge in [0.2, 0.25) is 0 Å². The van der Waals surface area contributed by atoms with E-state index in [9.17, 15) is 4.79 Å². The van der Waals surface area contributed by atoms with Crippen LogP contribution in [0.4, 0.5) is 0 Å². The molecule has 0 aliphatic heterocycles. The van der Waals surface area contributed by atoms with Crippen LogP contribution in [0.3, 0.4) is 0 Å². The normalized spacial score (nSPS) is 10.4. The molecule has 0 atom stereocenters. The monoisotopic (exact) mass is 236 g/mol. The van der Waals surface area contributed by atoms with Gasteiger partial charge in [-0.15, -0.1) is 0 Å². The van der Waals surface area contributed by atoms with Gasteiger partial charge in [-0.25, -0.2) is 4.79 Å². The van der Waals surface area contributed by atoms with E-state index in [0.29, 0.717) is 28.1 Å². The molecule has 4 nitrogen and oxygen atoms in total. The maximum absolute atomic E-state index is 11.5. The number of carbonyl (C=O) groups is 1. The van der Waals surface area contributed by atoms with E-state index in [1.807, 2.05) is 0 Å². The first-order chi connectivity index (χ1) is 7.72. The van der Waals surface area contributed by atoms with Crippen LogP contribution in [0.1, 0.15) is 17.3 Å². The fourth-order valence-corrected chi connectivity index (χ4v) is 1.56. The quantitative estimate of drug-likeness (QED) is 0.752. The van der Waals surface area contributed by atoms with Crippen molar-refractivity contribution >= 4 is 28.5 Å². The third-order valence-electron chi connectivity index (χ3n) is 2.10. The first-order valence-electron chi connectivity index (χ1n) is 4.80. The van der Waals surface area contributed by atoms with E-state index in [0.717, 1.165) is 0 Å². The Kier molecular flexibility index (Phi) is 3.01. The summed E-state index contributed by atoms with van der Waals surface area (Å²) in [6.45, 7) is 2.11. The average Bonchev–Trinajstić information content (AvgIpc) is 2.29. The lowest BCUT2D eigenvalue weighted by Crippen LogP contribution is -2.04. The fraction of sp³-hybridized carbons (Fsp3) is 0.182. The van der Waals surface area contributed by atoms with Crippen molar-refractivity contribution in [1.82, 2.24) is 10.2 Å². The zero-order valence-corrected chi connectivity index (χ0v) is 9.36. The van der Waals surface area contributed by atoms with Crippen LogP contribution in [0.25, 0.3) is 10.9 Å². The summed E-state index contributed by atoms with van der Waals surface area (Å²) in [5.41, 5.74) is 1.12. The number of rotatable bonds is 2. The van der Waals surface area contributed by atoms with Crippen LogP contribution in [0.5, 0.6) is 0 Å². The van der Waals surface area contributed by atoms with Crippen molar-refractivity contribution < 1.29 is 9.53 Å². The Bertz CT molecular complexity index is 542. The summed E-state index contributed by atoms with van der Waals surface area (Å²) in [4.78, 5) is 11.5. The third-order valence-corrected chi connectivity index (χ3v) is 2.40. The minimum Gasteiger partial charge on any atom is -0.462 e. The number of carbonyl (C=O) groups excluding carboxylic acids is 1. The largest absolute Gasteiger partial charge is 0.462 e. The SMILES string of the molecule is CCOC(=O)c1ccc2nncc(Cl)c2c1. The van der Waals surface area contributed by atoms with Gasteiger partial charge in [-0.3, -0.25) is 0 Å². The molecule has 2 aromatic rings. The highest BCUT2D eigenvalue weighted by molar-refractivity contribution is 6.35. The molecule has 0 aliphatic carbocycles. The van der Waals surface area contributed by atoms with Crippen molar-refractivity contribution in [3.05, 3.63) is 35.0 Å². The predicted octanol–water partition coefficient (Wildman–Crippen LogP) is 2.46. The summed E-state index contributed by atoms with van der Waals surface area (Å²) in [6.07, 6.45) is 1.44. The van der Waals surface area contributed by atoms with Crippen LogP contribution in [0, 0.1) is 0 Å². The Hall–Kier alpha value is -1.68. The molecule has 0 unspecified atom stereocenters. The smallest absolute Gasteiger partial charge is 0.338 e. The van der Waals surface area contributed by atoms with Gasteiger partial charge in [-0.1, -0.05) is 11.6 Å². The Balaban J connectivity index is 2.51. The predicted molar refractivity (Wildman–Crippen MR) is 60.5 cm³/mol. The van der Waals surface area contributed by atoms with Crippen molar-refractivity contribution in [3.63, 3.8) is 0 Å².